The van der Waals surface area contributed by atoms with Gasteiger partial charge in [-0.05, 0) is 43.5 Å². The molecule has 168 valence electrons. The topological polar surface area (TPSA) is 96.1 Å². The van der Waals surface area contributed by atoms with E-state index in [1.54, 1.807) is 7.11 Å². The minimum atomic E-state index is -0.802. The van der Waals surface area contributed by atoms with Crippen LogP contribution < -0.4 is 10.5 Å². The highest BCUT2D eigenvalue weighted by atomic mass is 16.5. The molecule has 0 bridgehead atoms. The van der Waals surface area contributed by atoms with Crippen LogP contribution in [-0.4, -0.2) is 72.7 Å². The van der Waals surface area contributed by atoms with E-state index in [-0.39, 0.29) is 24.4 Å². The zero-order valence-corrected chi connectivity index (χ0v) is 18.5. The first-order chi connectivity index (χ1) is 14.5. The average molecular weight is 420 g/mol. The molecule has 1 aliphatic heterocycles. The number of hydrogen-bond donors (Lipinski definition) is 2. The summed E-state index contributed by atoms with van der Waals surface area (Å²) < 4.78 is 5.23. The number of nitrogens with zero attached hydrogens (tertiary/aromatic N) is 2. The summed E-state index contributed by atoms with van der Waals surface area (Å²) in [5, 5.41) is 9.98. The Labute approximate surface area is 180 Å². The highest BCUT2D eigenvalue weighted by Crippen LogP contribution is 2.39. The van der Waals surface area contributed by atoms with Gasteiger partial charge in [0.15, 0.2) is 0 Å². The number of carboxylic acids is 1. The fourth-order valence-electron chi connectivity index (χ4n) is 4.46. The van der Waals surface area contributed by atoms with Crippen molar-refractivity contribution in [1.82, 2.24) is 9.80 Å². The molecule has 0 aromatic heterocycles. The van der Waals surface area contributed by atoms with E-state index in [2.05, 4.69) is 11.8 Å². The maximum Gasteiger partial charge on any atom is 0.308 e. The molecule has 1 aliphatic rings. The van der Waals surface area contributed by atoms with Crippen molar-refractivity contribution in [3.8, 4) is 5.75 Å². The van der Waals surface area contributed by atoms with Crippen LogP contribution in [0.5, 0.6) is 5.75 Å². The third-order valence-corrected chi connectivity index (χ3v) is 6.10. The highest BCUT2D eigenvalue weighted by Gasteiger charge is 2.46. The number of nitrogens with two attached hydrogens (primary N) is 1. The molecular formula is C23H37N3O4. The molecule has 1 fully saturated rings. The molecule has 2 rings (SSSR count). The SMILES string of the molecule is CCCCN(CCCN)C(=O)CN1CC(c2ccc(OC)cc2)C(C(=O)O)C1CC. The summed E-state index contributed by atoms with van der Waals surface area (Å²) in [7, 11) is 1.61. The Bertz CT molecular complexity index is 672. The van der Waals surface area contributed by atoms with E-state index in [0.717, 1.165) is 37.1 Å². The number of ether oxygens (including phenoxy) is 1. The second-order valence-corrected chi connectivity index (χ2v) is 8.03. The lowest BCUT2D eigenvalue weighted by Crippen LogP contribution is -2.44. The van der Waals surface area contributed by atoms with Crippen LogP contribution in [0.15, 0.2) is 24.3 Å². The number of unbranched alkanes of at least 4 members (excludes halogenated alkanes) is 1. The van der Waals surface area contributed by atoms with Crippen LogP contribution in [-0.2, 0) is 9.59 Å². The van der Waals surface area contributed by atoms with Gasteiger partial charge >= 0.3 is 5.97 Å². The number of rotatable bonds is 12. The Morgan fingerprint density at radius 2 is 1.87 bits per heavy atom. The molecule has 0 saturated carbocycles. The van der Waals surface area contributed by atoms with E-state index in [4.69, 9.17) is 10.5 Å². The van der Waals surface area contributed by atoms with Gasteiger partial charge < -0.3 is 20.5 Å². The van der Waals surface area contributed by atoms with Gasteiger partial charge in [-0.15, -0.1) is 0 Å². The van der Waals surface area contributed by atoms with E-state index < -0.39 is 11.9 Å². The Morgan fingerprint density at radius 3 is 2.40 bits per heavy atom. The largest absolute Gasteiger partial charge is 0.497 e. The average Bonchev–Trinajstić information content (AvgIpc) is 3.12. The van der Waals surface area contributed by atoms with E-state index in [9.17, 15) is 14.7 Å². The van der Waals surface area contributed by atoms with Crippen LogP contribution in [0.25, 0.3) is 0 Å². The van der Waals surface area contributed by atoms with Gasteiger partial charge in [-0.2, -0.15) is 0 Å². The van der Waals surface area contributed by atoms with Crippen molar-refractivity contribution in [2.24, 2.45) is 11.7 Å². The maximum absolute atomic E-state index is 13.1. The number of carbonyl (C=O) groups is 2. The second kappa shape index (κ2) is 11.9. The minimum Gasteiger partial charge on any atom is -0.497 e. The lowest BCUT2D eigenvalue weighted by molar-refractivity contribution is -0.143. The van der Waals surface area contributed by atoms with Crippen molar-refractivity contribution < 1.29 is 19.4 Å². The molecule has 3 N–H and O–H groups in total. The third kappa shape index (κ3) is 5.95. The normalized spacial score (nSPS) is 21.5. The maximum atomic E-state index is 13.1. The molecule has 1 aromatic carbocycles. The smallest absolute Gasteiger partial charge is 0.308 e. The fraction of sp³-hybridized carbons (Fsp3) is 0.652. The molecule has 1 amide bonds. The number of methoxy groups -OCH3 is 1. The van der Waals surface area contributed by atoms with Crippen molar-refractivity contribution >= 4 is 11.9 Å². The summed E-state index contributed by atoms with van der Waals surface area (Å²) >= 11 is 0. The summed E-state index contributed by atoms with van der Waals surface area (Å²) in [4.78, 5) is 29.2. The molecule has 7 heteroatoms. The van der Waals surface area contributed by atoms with Gasteiger partial charge in [0.05, 0.1) is 19.6 Å². The summed E-state index contributed by atoms with van der Waals surface area (Å²) in [6, 6.07) is 7.43. The number of hydrogen-bond acceptors (Lipinski definition) is 5. The molecular weight excluding hydrogens is 382 g/mol. The summed E-state index contributed by atoms with van der Waals surface area (Å²) in [6.45, 7) is 6.86. The van der Waals surface area contributed by atoms with Gasteiger partial charge in [-0.3, -0.25) is 14.5 Å². The van der Waals surface area contributed by atoms with Crippen LogP contribution in [0.2, 0.25) is 0 Å². The standard InChI is InChI=1S/C23H37N3O4/c1-4-6-13-25(14-7-12-24)21(27)16-26-15-19(22(23(28)29)20(26)5-2)17-8-10-18(30-3)11-9-17/h8-11,19-20,22H,4-7,12-16,24H2,1-3H3,(H,28,29). The van der Waals surface area contributed by atoms with Crippen molar-refractivity contribution in [3.63, 3.8) is 0 Å². The van der Waals surface area contributed by atoms with Crippen LogP contribution in [0.4, 0.5) is 0 Å². The van der Waals surface area contributed by atoms with Crippen LogP contribution in [0.3, 0.4) is 0 Å². The summed E-state index contributed by atoms with van der Waals surface area (Å²) in [5.41, 5.74) is 6.62. The highest BCUT2D eigenvalue weighted by molar-refractivity contribution is 5.79. The number of carbonyl (C=O) groups excluding carboxylic acids is 1. The number of amides is 1. The molecule has 1 saturated heterocycles. The van der Waals surface area contributed by atoms with Crippen LogP contribution in [0, 0.1) is 5.92 Å². The van der Waals surface area contributed by atoms with Gasteiger partial charge in [-0.1, -0.05) is 32.4 Å². The zero-order chi connectivity index (χ0) is 22.1. The molecule has 30 heavy (non-hydrogen) atoms. The number of likely N-dealkylation sites (tertiary alicyclic amines) is 1. The second-order valence-electron chi connectivity index (χ2n) is 8.03. The Morgan fingerprint density at radius 1 is 1.20 bits per heavy atom. The fourth-order valence-corrected chi connectivity index (χ4v) is 4.46. The molecule has 1 heterocycles. The first-order valence-corrected chi connectivity index (χ1v) is 11.0. The molecule has 3 atom stereocenters. The minimum absolute atomic E-state index is 0.0647. The van der Waals surface area contributed by atoms with Crippen molar-refractivity contribution in [2.45, 2.75) is 51.5 Å². The number of aliphatic carboxylic acids is 1. The Balaban J connectivity index is 2.19. The first kappa shape index (κ1) is 24.2. The lowest BCUT2D eigenvalue weighted by Gasteiger charge is -2.29. The number of benzene rings is 1. The number of carboxylic acid groups (broad SMARTS) is 1. The molecule has 7 nitrogen and oxygen atoms in total. The summed E-state index contributed by atoms with van der Waals surface area (Å²) in [6.07, 6.45) is 3.45. The molecule has 0 spiro atoms. The van der Waals surface area contributed by atoms with Gasteiger partial charge in [0.2, 0.25) is 5.91 Å². The predicted octanol–water partition coefficient (Wildman–Crippen LogP) is 2.55. The van der Waals surface area contributed by atoms with Gasteiger partial charge in [0, 0.05) is 31.6 Å². The van der Waals surface area contributed by atoms with Gasteiger partial charge in [0.1, 0.15) is 5.75 Å². The van der Waals surface area contributed by atoms with Crippen molar-refractivity contribution in [2.75, 3.05) is 39.8 Å². The van der Waals surface area contributed by atoms with Crippen molar-refractivity contribution in [1.29, 1.82) is 0 Å². The van der Waals surface area contributed by atoms with E-state index in [1.165, 1.54) is 0 Å². The molecule has 3 unspecified atom stereocenters. The van der Waals surface area contributed by atoms with Gasteiger partial charge in [-0.25, -0.2) is 0 Å². The predicted molar refractivity (Wildman–Crippen MR) is 118 cm³/mol. The first-order valence-electron chi connectivity index (χ1n) is 11.0. The van der Waals surface area contributed by atoms with E-state index in [0.29, 0.717) is 26.1 Å². The van der Waals surface area contributed by atoms with E-state index >= 15 is 0 Å². The monoisotopic (exact) mass is 419 g/mol. The van der Waals surface area contributed by atoms with E-state index in [1.807, 2.05) is 36.1 Å². The molecule has 1 aromatic rings. The quantitative estimate of drug-likeness (QED) is 0.541. The van der Waals surface area contributed by atoms with Gasteiger partial charge in [0.25, 0.3) is 0 Å². The lowest BCUT2D eigenvalue weighted by atomic mass is 9.84. The van der Waals surface area contributed by atoms with Crippen molar-refractivity contribution in [3.05, 3.63) is 29.8 Å². The zero-order valence-electron chi connectivity index (χ0n) is 18.5. The van der Waals surface area contributed by atoms with Crippen LogP contribution in [0.1, 0.15) is 51.0 Å². The third-order valence-electron chi connectivity index (χ3n) is 6.10. The summed E-state index contributed by atoms with van der Waals surface area (Å²) in [5.74, 6) is -0.684. The molecule has 0 aliphatic carbocycles. The Hall–Kier alpha value is -2.12. The molecule has 0 radical (unpaired) electrons. The van der Waals surface area contributed by atoms with Crippen LogP contribution >= 0.6 is 0 Å². The Kier molecular flexibility index (Phi) is 9.59.